The molecule has 1 amide bonds. The lowest BCUT2D eigenvalue weighted by Gasteiger charge is -2.22. The lowest BCUT2D eigenvalue weighted by Crippen LogP contribution is -2.30. The molecule has 2 aromatic carbocycles. The minimum atomic E-state index is -3.70. The van der Waals surface area contributed by atoms with E-state index >= 15 is 0 Å². The van der Waals surface area contributed by atoms with Crippen LogP contribution in [0.4, 0.5) is 5.69 Å². The van der Waals surface area contributed by atoms with E-state index in [0.29, 0.717) is 47.5 Å². The SMILES string of the molecule is CC(C)Cc1ccc(S(=O)(=O)N2CCCC2c2nnc(C(=O)Nc3ccc4c(c3)OCO4)s2)cc1. The number of sulfonamides is 1. The summed E-state index contributed by atoms with van der Waals surface area (Å²) in [6.45, 7) is 4.81. The summed E-state index contributed by atoms with van der Waals surface area (Å²) in [7, 11) is -3.70. The highest BCUT2D eigenvalue weighted by atomic mass is 32.2. The lowest BCUT2D eigenvalue weighted by atomic mass is 10.0. The number of rotatable bonds is 7. The van der Waals surface area contributed by atoms with Crippen LogP contribution in [0.2, 0.25) is 0 Å². The summed E-state index contributed by atoms with van der Waals surface area (Å²) >= 11 is 1.11. The van der Waals surface area contributed by atoms with Crippen LogP contribution in [0, 0.1) is 5.92 Å². The van der Waals surface area contributed by atoms with Crippen molar-refractivity contribution < 1.29 is 22.7 Å². The van der Waals surface area contributed by atoms with Crippen molar-refractivity contribution in [2.45, 2.75) is 44.0 Å². The summed E-state index contributed by atoms with van der Waals surface area (Å²) in [5.41, 5.74) is 1.65. The zero-order valence-corrected chi connectivity index (χ0v) is 21.1. The molecule has 0 aliphatic carbocycles. The second kappa shape index (κ2) is 9.56. The van der Waals surface area contributed by atoms with Crippen LogP contribution >= 0.6 is 11.3 Å². The third-order valence-corrected chi connectivity index (χ3v) is 8.87. The number of fused-ring (bicyclic) bond motifs is 1. The second-order valence-corrected chi connectivity index (χ2v) is 11.9. The van der Waals surface area contributed by atoms with Gasteiger partial charge in [0.2, 0.25) is 21.8 Å². The fourth-order valence-electron chi connectivity index (χ4n) is 4.30. The van der Waals surface area contributed by atoms with Gasteiger partial charge >= 0.3 is 0 Å². The monoisotopic (exact) mass is 514 g/mol. The first-order valence-corrected chi connectivity index (χ1v) is 13.7. The molecule has 2 aliphatic heterocycles. The number of ether oxygens (including phenoxy) is 2. The number of hydrogen-bond donors (Lipinski definition) is 1. The Kier molecular flexibility index (Phi) is 6.47. The van der Waals surface area contributed by atoms with Crippen LogP contribution in [0.1, 0.15) is 53.1 Å². The third-order valence-electron chi connectivity index (χ3n) is 5.93. The van der Waals surface area contributed by atoms with Gasteiger partial charge in [-0.3, -0.25) is 4.79 Å². The van der Waals surface area contributed by atoms with Crippen molar-refractivity contribution in [1.82, 2.24) is 14.5 Å². The Hall–Kier alpha value is -3.02. The van der Waals surface area contributed by atoms with E-state index in [-0.39, 0.29) is 16.7 Å². The maximum Gasteiger partial charge on any atom is 0.286 e. The maximum atomic E-state index is 13.4. The molecule has 0 radical (unpaired) electrons. The van der Waals surface area contributed by atoms with E-state index < -0.39 is 22.0 Å². The van der Waals surface area contributed by atoms with Crippen molar-refractivity contribution in [2.24, 2.45) is 5.92 Å². The summed E-state index contributed by atoms with van der Waals surface area (Å²) in [5, 5.41) is 11.7. The molecule has 5 rings (SSSR count). The Morgan fingerprint density at radius 2 is 1.91 bits per heavy atom. The van der Waals surface area contributed by atoms with Gasteiger partial charge in [-0.15, -0.1) is 10.2 Å². The standard InChI is InChI=1S/C24H26N4O5S2/c1-15(2)12-16-5-8-18(9-6-16)35(30,31)28-11-3-4-19(28)23-26-27-24(34-23)22(29)25-17-7-10-20-21(13-17)33-14-32-20/h5-10,13,15,19H,3-4,11-12,14H2,1-2H3,(H,25,29). The number of carbonyl (C=O) groups is 1. The van der Waals surface area contributed by atoms with Gasteiger partial charge in [-0.25, -0.2) is 8.42 Å². The topological polar surface area (TPSA) is 111 Å². The van der Waals surface area contributed by atoms with Gasteiger partial charge in [0.05, 0.1) is 10.9 Å². The van der Waals surface area contributed by atoms with E-state index in [1.807, 2.05) is 12.1 Å². The molecule has 1 N–H and O–H groups in total. The average molecular weight is 515 g/mol. The van der Waals surface area contributed by atoms with Crippen molar-refractivity contribution >= 4 is 33.0 Å². The summed E-state index contributed by atoms with van der Waals surface area (Å²) in [6.07, 6.45) is 2.24. The fraction of sp³-hybridized carbons (Fsp3) is 0.375. The van der Waals surface area contributed by atoms with Gasteiger partial charge in [-0.1, -0.05) is 37.3 Å². The van der Waals surface area contributed by atoms with Crippen molar-refractivity contribution in [1.29, 1.82) is 0 Å². The quantitative estimate of drug-likeness (QED) is 0.502. The largest absolute Gasteiger partial charge is 0.454 e. The van der Waals surface area contributed by atoms with Gasteiger partial charge in [-0.05, 0) is 55.0 Å². The molecule has 0 saturated carbocycles. The molecule has 9 nitrogen and oxygen atoms in total. The first-order chi connectivity index (χ1) is 16.8. The highest BCUT2D eigenvalue weighted by molar-refractivity contribution is 7.89. The predicted molar refractivity (Wildman–Crippen MR) is 131 cm³/mol. The number of benzene rings is 2. The summed E-state index contributed by atoms with van der Waals surface area (Å²) < 4.78 is 38.9. The van der Waals surface area contributed by atoms with Gasteiger partial charge in [0.15, 0.2) is 11.5 Å². The van der Waals surface area contributed by atoms with E-state index in [2.05, 4.69) is 29.4 Å². The molecule has 1 aromatic heterocycles. The number of amides is 1. The van der Waals surface area contributed by atoms with Gasteiger partial charge in [0.25, 0.3) is 5.91 Å². The molecule has 184 valence electrons. The molecule has 11 heteroatoms. The minimum absolute atomic E-state index is 0.148. The normalized spacial score (nSPS) is 17.7. The molecule has 1 fully saturated rings. The number of nitrogens with zero attached hydrogens (tertiary/aromatic N) is 3. The Labute approximate surface area is 208 Å². The van der Waals surface area contributed by atoms with Crippen LogP contribution < -0.4 is 14.8 Å². The molecule has 3 aromatic rings. The number of hydrogen-bond acceptors (Lipinski definition) is 8. The van der Waals surface area contributed by atoms with Crippen LogP contribution in [0.15, 0.2) is 47.4 Å². The molecule has 1 unspecified atom stereocenters. The van der Waals surface area contributed by atoms with Crippen LogP contribution in [-0.2, 0) is 16.4 Å². The molecule has 35 heavy (non-hydrogen) atoms. The highest BCUT2D eigenvalue weighted by Gasteiger charge is 2.38. The average Bonchev–Trinajstić information content (AvgIpc) is 3.58. The molecule has 2 aliphatic rings. The second-order valence-electron chi connectivity index (χ2n) is 8.98. The highest BCUT2D eigenvalue weighted by Crippen LogP contribution is 2.38. The Morgan fingerprint density at radius 3 is 2.69 bits per heavy atom. The molecule has 3 heterocycles. The zero-order chi connectivity index (χ0) is 24.6. The van der Waals surface area contributed by atoms with Gasteiger partial charge in [0.1, 0.15) is 5.01 Å². The number of carbonyl (C=O) groups excluding carboxylic acids is 1. The third kappa shape index (κ3) is 4.89. The number of nitrogens with one attached hydrogen (secondary N) is 1. The number of anilines is 1. The van der Waals surface area contributed by atoms with Crippen LogP contribution in [0.25, 0.3) is 0 Å². The van der Waals surface area contributed by atoms with Gasteiger partial charge < -0.3 is 14.8 Å². The van der Waals surface area contributed by atoms with Gasteiger partial charge in [0, 0.05) is 18.3 Å². The van der Waals surface area contributed by atoms with Crippen LogP contribution in [-0.4, -0.2) is 42.2 Å². The van der Waals surface area contributed by atoms with E-state index in [9.17, 15) is 13.2 Å². The van der Waals surface area contributed by atoms with Crippen LogP contribution in [0.5, 0.6) is 11.5 Å². The summed E-state index contributed by atoms with van der Waals surface area (Å²) in [6, 6.07) is 11.8. The number of aromatic nitrogens is 2. The predicted octanol–water partition coefficient (Wildman–Crippen LogP) is 4.24. The molecular formula is C24H26N4O5S2. The zero-order valence-electron chi connectivity index (χ0n) is 19.4. The first-order valence-electron chi connectivity index (χ1n) is 11.5. The Bertz CT molecular complexity index is 1340. The smallest absolute Gasteiger partial charge is 0.286 e. The molecule has 0 bridgehead atoms. The fourth-order valence-corrected chi connectivity index (χ4v) is 6.91. The van der Waals surface area contributed by atoms with Crippen molar-refractivity contribution in [3.63, 3.8) is 0 Å². The molecular weight excluding hydrogens is 488 g/mol. The van der Waals surface area contributed by atoms with Crippen molar-refractivity contribution in [3.05, 3.63) is 58.0 Å². The molecule has 0 spiro atoms. The van der Waals surface area contributed by atoms with Crippen molar-refractivity contribution in [2.75, 3.05) is 18.7 Å². The lowest BCUT2D eigenvalue weighted by molar-refractivity contribution is 0.102. The van der Waals surface area contributed by atoms with E-state index in [1.54, 1.807) is 30.3 Å². The summed E-state index contributed by atoms with van der Waals surface area (Å²) in [4.78, 5) is 13.0. The van der Waals surface area contributed by atoms with E-state index in [1.165, 1.54) is 4.31 Å². The molecule has 1 atom stereocenters. The Balaban J connectivity index is 1.31. The summed E-state index contributed by atoms with van der Waals surface area (Å²) in [5.74, 6) is 1.26. The Morgan fingerprint density at radius 1 is 1.14 bits per heavy atom. The first kappa shape index (κ1) is 23.7. The van der Waals surface area contributed by atoms with E-state index in [4.69, 9.17) is 9.47 Å². The maximum absolute atomic E-state index is 13.4. The molecule has 1 saturated heterocycles. The minimum Gasteiger partial charge on any atom is -0.454 e. The van der Waals surface area contributed by atoms with E-state index in [0.717, 1.165) is 23.3 Å². The van der Waals surface area contributed by atoms with Crippen molar-refractivity contribution in [3.8, 4) is 11.5 Å². The van der Waals surface area contributed by atoms with Gasteiger partial charge in [-0.2, -0.15) is 4.31 Å². The van der Waals surface area contributed by atoms with Crippen LogP contribution in [0.3, 0.4) is 0 Å².